The van der Waals surface area contributed by atoms with Crippen LogP contribution in [-0.2, 0) is 16.0 Å². The van der Waals surface area contributed by atoms with Crippen molar-refractivity contribution in [1.29, 1.82) is 0 Å². The molecule has 1 N–H and O–H groups in total. The normalized spacial score (nSPS) is 19.6. The molecule has 3 aliphatic heterocycles. The van der Waals surface area contributed by atoms with Crippen LogP contribution in [0.2, 0.25) is 0 Å². The van der Waals surface area contributed by atoms with Crippen LogP contribution in [0.5, 0.6) is 0 Å². The van der Waals surface area contributed by atoms with Gasteiger partial charge in [-0.3, -0.25) is 14.3 Å². The molecule has 4 aromatic rings. The Morgan fingerprint density at radius 2 is 1.56 bits per heavy atom. The van der Waals surface area contributed by atoms with Gasteiger partial charge in [0.25, 0.3) is 5.91 Å². The van der Waals surface area contributed by atoms with E-state index < -0.39 is 12.2 Å². The Morgan fingerprint density at radius 3 is 2.27 bits per heavy atom. The number of nitrogens with zero attached hydrogens (tertiary/aromatic N) is 5. The average molecular weight is 783 g/mol. The second kappa shape index (κ2) is 14.3. The first-order valence-corrected chi connectivity index (χ1v) is 18.7. The van der Waals surface area contributed by atoms with Crippen molar-refractivity contribution in [3.8, 4) is 0 Å². The van der Waals surface area contributed by atoms with Gasteiger partial charge in [0.1, 0.15) is 0 Å². The fourth-order valence-electron chi connectivity index (χ4n) is 7.94. The van der Waals surface area contributed by atoms with Gasteiger partial charge < -0.3 is 24.4 Å². The Balaban J connectivity index is 1.02. The number of H-pyrrole nitrogens is 1. The Morgan fingerprint density at radius 1 is 0.896 bits per heavy atom. The van der Waals surface area contributed by atoms with E-state index in [2.05, 4.69) is 53.8 Å². The van der Waals surface area contributed by atoms with Crippen LogP contribution in [0.4, 0.5) is 4.79 Å². The molecule has 1 atom stereocenters. The van der Waals surface area contributed by atoms with Crippen molar-refractivity contribution in [2.24, 2.45) is 11.8 Å². The molecule has 0 unspecified atom stereocenters. The van der Waals surface area contributed by atoms with Gasteiger partial charge in [0.15, 0.2) is 6.10 Å². The first-order chi connectivity index (χ1) is 23.2. The van der Waals surface area contributed by atoms with E-state index in [0.29, 0.717) is 51.4 Å². The van der Waals surface area contributed by atoms with Gasteiger partial charge in [0, 0.05) is 53.0 Å². The van der Waals surface area contributed by atoms with Crippen LogP contribution in [-0.4, -0.2) is 93.7 Å². The average Bonchev–Trinajstić information content (AvgIpc) is 3.46. The Labute approximate surface area is 297 Å². The minimum atomic E-state index is -0.918. The summed E-state index contributed by atoms with van der Waals surface area (Å²) in [5.74, 6) is 1.25. The minimum absolute atomic E-state index is 0.0818. The van der Waals surface area contributed by atoms with E-state index in [9.17, 15) is 14.4 Å². The van der Waals surface area contributed by atoms with E-state index in [1.807, 2.05) is 47.4 Å². The van der Waals surface area contributed by atoms with Crippen LogP contribution in [0.25, 0.3) is 21.9 Å². The van der Waals surface area contributed by atoms with E-state index in [1.54, 1.807) is 15.7 Å². The highest BCUT2D eigenvalue weighted by atomic mass is 79.9. The van der Waals surface area contributed by atoms with Crippen LogP contribution in [0.1, 0.15) is 50.1 Å². The van der Waals surface area contributed by atoms with Crippen LogP contribution in [0.15, 0.2) is 62.4 Å². The summed E-state index contributed by atoms with van der Waals surface area (Å²) in [6, 6.07) is 13.5. The Bertz CT molecular complexity index is 1850. The number of ether oxygens (including phenoxy) is 1. The molecule has 0 radical (unpaired) electrons. The number of piperidine rings is 3. The SMILES string of the molecule is CN1CCC(C2CCN(C(=O)[C@@H](Cc3ccc(Br)c(Br)c3)OC(=O)N3CCC(n4c(=O)[nH]c5c6ccccc6ncc54)CC3)CC2)CC1. The lowest BCUT2D eigenvalue weighted by Crippen LogP contribution is -2.49. The van der Waals surface area contributed by atoms with Crippen molar-refractivity contribution in [3.63, 3.8) is 0 Å². The molecule has 3 fully saturated rings. The number of carbonyl (C=O) groups is 2. The minimum Gasteiger partial charge on any atom is -0.436 e. The second-order valence-electron chi connectivity index (χ2n) is 13.7. The summed E-state index contributed by atoms with van der Waals surface area (Å²) in [4.78, 5) is 54.4. The number of aromatic amines is 1. The fraction of sp³-hybridized carbons (Fsp3) is 0.500. The zero-order valence-corrected chi connectivity index (χ0v) is 30.4. The number of carbonyl (C=O) groups excluding carboxylic acids is 2. The van der Waals surface area contributed by atoms with Gasteiger partial charge in [-0.1, -0.05) is 24.3 Å². The maximum Gasteiger partial charge on any atom is 0.410 e. The van der Waals surface area contributed by atoms with Crippen molar-refractivity contribution in [3.05, 3.63) is 73.7 Å². The van der Waals surface area contributed by atoms with Gasteiger partial charge in [-0.25, -0.2) is 9.59 Å². The smallest absolute Gasteiger partial charge is 0.410 e. The number of hydrogen-bond acceptors (Lipinski definition) is 6. The van der Waals surface area contributed by atoms with Crippen molar-refractivity contribution >= 4 is 65.8 Å². The van der Waals surface area contributed by atoms with E-state index in [0.717, 1.165) is 68.3 Å². The number of para-hydroxylation sites is 1. The first-order valence-electron chi connectivity index (χ1n) is 17.1. The molecule has 2 aromatic carbocycles. The van der Waals surface area contributed by atoms with E-state index in [4.69, 9.17) is 4.74 Å². The topological polar surface area (TPSA) is 104 Å². The molecule has 48 heavy (non-hydrogen) atoms. The highest BCUT2D eigenvalue weighted by Gasteiger charge is 2.36. The summed E-state index contributed by atoms with van der Waals surface area (Å²) in [5, 5.41) is 0.909. The number of hydrogen-bond donors (Lipinski definition) is 1. The monoisotopic (exact) mass is 780 g/mol. The summed E-state index contributed by atoms with van der Waals surface area (Å²) < 4.78 is 9.67. The molecular formula is C36H42Br2N6O4. The molecule has 0 bridgehead atoms. The number of pyridine rings is 1. The molecule has 3 saturated heterocycles. The lowest BCUT2D eigenvalue weighted by atomic mass is 9.79. The molecule has 0 spiro atoms. The molecule has 0 saturated carbocycles. The molecule has 254 valence electrons. The third kappa shape index (κ3) is 6.93. The zero-order chi connectivity index (χ0) is 33.4. The van der Waals surface area contributed by atoms with Crippen molar-refractivity contribution in [2.75, 3.05) is 46.3 Å². The van der Waals surface area contributed by atoms with Crippen molar-refractivity contribution in [1.82, 2.24) is 29.2 Å². The number of nitrogens with one attached hydrogen (secondary N) is 1. The first kappa shape index (κ1) is 33.3. The van der Waals surface area contributed by atoms with Gasteiger partial charge in [0.05, 0.1) is 22.7 Å². The van der Waals surface area contributed by atoms with Gasteiger partial charge >= 0.3 is 11.8 Å². The summed E-state index contributed by atoms with van der Waals surface area (Å²) in [6.07, 6.45) is 6.29. The quantitative estimate of drug-likeness (QED) is 0.244. The van der Waals surface area contributed by atoms with Crippen LogP contribution < -0.4 is 5.69 Å². The number of aromatic nitrogens is 3. The predicted octanol–water partition coefficient (Wildman–Crippen LogP) is 6.37. The highest BCUT2D eigenvalue weighted by molar-refractivity contribution is 9.13. The maximum absolute atomic E-state index is 14.0. The predicted molar refractivity (Wildman–Crippen MR) is 193 cm³/mol. The zero-order valence-electron chi connectivity index (χ0n) is 27.2. The third-order valence-electron chi connectivity index (χ3n) is 10.8. The standard InChI is InChI=1S/C36H42Br2N6O4/c1-41-14-8-24(9-15-41)25-10-16-42(17-11-25)34(45)32(21-23-6-7-28(37)29(38)20-23)48-36(47)43-18-12-26(13-19-43)44-31-22-39-30-5-3-2-4-27(30)33(31)40-35(44)46/h2-7,20,22,24-26,32H,8-19,21H2,1H3,(H,40,46)/t32-/m1/s1. The van der Waals surface area contributed by atoms with Gasteiger partial charge in [-0.15, -0.1) is 0 Å². The van der Waals surface area contributed by atoms with Crippen molar-refractivity contribution < 1.29 is 14.3 Å². The lowest BCUT2D eigenvalue weighted by molar-refractivity contribution is -0.142. The molecule has 3 aliphatic rings. The second-order valence-corrected chi connectivity index (χ2v) is 15.4. The molecule has 5 heterocycles. The van der Waals surface area contributed by atoms with Crippen LogP contribution in [0.3, 0.4) is 0 Å². The number of benzene rings is 2. The lowest BCUT2D eigenvalue weighted by Gasteiger charge is -2.40. The van der Waals surface area contributed by atoms with E-state index in [1.165, 1.54) is 12.8 Å². The summed E-state index contributed by atoms with van der Waals surface area (Å²) in [7, 11) is 2.19. The van der Waals surface area contributed by atoms with Crippen LogP contribution in [0, 0.1) is 11.8 Å². The van der Waals surface area contributed by atoms with E-state index in [-0.39, 0.29) is 17.6 Å². The molecule has 7 rings (SSSR count). The van der Waals surface area contributed by atoms with E-state index >= 15 is 0 Å². The molecule has 12 heteroatoms. The van der Waals surface area contributed by atoms with Gasteiger partial charge in [-0.2, -0.15) is 0 Å². The molecule has 0 aliphatic carbocycles. The number of likely N-dealkylation sites (tertiary alicyclic amines) is 3. The number of imidazole rings is 1. The fourth-order valence-corrected chi connectivity index (χ4v) is 8.61. The largest absolute Gasteiger partial charge is 0.436 e. The number of fused-ring (bicyclic) bond motifs is 3. The molecular weight excluding hydrogens is 740 g/mol. The summed E-state index contributed by atoms with van der Waals surface area (Å²) >= 11 is 7.10. The number of halogens is 2. The summed E-state index contributed by atoms with van der Waals surface area (Å²) in [5.41, 5.74) is 3.12. The molecule has 2 amide bonds. The number of amides is 2. The van der Waals surface area contributed by atoms with Crippen LogP contribution >= 0.6 is 31.9 Å². The summed E-state index contributed by atoms with van der Waals surface area (Å²) in [6.45, 7) is 4.54. The molecule has 2 aromatic heterocycles. The van der Waals surface area contributed by atoms with Gasteiger partial charge in [-0.05, 0) is 126 Å². The highest BCUT2D eigenvalue weighted by Crippen LogP contribution is 2.33. The third-order valence-corrected chi connectivity index (χ3v) is 12.6. The Hall–Kier alpha value is -3.22. The number of rotatable bonds is 6. The molecule has 10 nitrogen and oxygen atoms in total. The van der Waals surface area contributed by atoms with Crippen molar-refractivity contribution in [2.45, 2.75) is 57.1 Å². The van der Waals surface area contributed by atoms with Gasteiger partial charge in [0.2, 0.25) is 0 Å². The maximum atomic E-state index is 14.0. The Kier molecular flexibility index (Phi) is 9.94.